The molecule has 2 rings (SSSR count). The molecule has 10 heteroatoms. The van der Waals surface area contributed by atoms with Crippen LogP contribution < -0.4 is 20.1 Å². The highest BCUT2D eigenvalue weighted by Crippen LogP contribution is 2.28. The summed E-state index contributed by atoms with van der Waals surface area (Å²) in [6.07, 6.45) is -0.246. The van der Waals surface area contributed by atoms with Crippen LogP contribution in [0, 0.1) is 11.6 Å². The van der Waals surface area contributed by atoms with Crippen molar-refractivity contribution in [1.82, 2.24) is 5.32 Å². The van der Waals surface area contributed by atoms with Crippen molar-refractivity contribution in [2.24, 2.45) is 0 Å². The third kappa shape index (κ3) is 6.43. The predicted octanol–water partition coefficient (Wildman–Crippen LogP) is 2.28. The van der Waals surface area contributed by atoms with Gasteiger partial charge in [-0.3, -0.25) is 14.4 Å². The number of halogens is 2. The number of rotatable bonds is 9. The smallest absolute Gasteiger partial charge is 0.308 e. The van der Waals surface area contributed by atoms with E-state index in [1.54, 1.807) is 18.2 Å². The van der Waals surface area contributed by atoms with Crippen molar-refractivity contribution < 1.29 is 37.4 Å². The maximum absolute atomic E-state index is 13.5. The van der Waals surface area contributed by atoms with E-state index in [0.29, 0.717) is 23.3 Å². The van der Waals surface area contributed by atoms with Crippen LogP contribution in [-0.4, -0.2) is 45.2 Å². The van der Waals surface area contributed by atoms with Crippen molar-refractivity contribution in [1.29, 1.82) is 0 Å². The summed E-state index contributed by atoms with van der Waals surface area (Å²) in [7, 11) is 2.90. The van der Waals surface area contributed by atoms with Gasteiger partial charge in [-0.25, -0.2) is 8.78 Å². The van der Waals surface area contributed by atoms with Gasteiger partial charge in [0.2, 0.25) is 0 Å². The van der Waals surface area contributed by atoms with E-state index in [4.69, 9.17) is 14.2 Å². The second-order valence-electron chi connectivity index (χ2n) is 5.91. The van der Waals surface area contributed by atoms with Crippen LogP contribution in [-0.2, 0) is 14.3 Å². The fourth-order valence-corrected chi connectivity index (χ4v) is 2.36. The van der Waals surface area contributed by atoms with Crippen molar-refractivity contribution in [2.45, 2.75) is 6.42 Å². The molecule has 0 unspecified atom stereocenters. The molecule has 30 heavy (non-hydrogen) atoms. The Morgan fingerprint density at radius 2 is 1.77 bits per heavy atom. The number of methoxy groups -OCH3 is 2. The van der Waals surface area contributed by atoms with Crippen LogP contribution in [0.3, 0.4) is 0 Å². The molecule has 0 aromatic heterocycles. The Bertz CT molecular complexity index is 936. The van der Waals surface area contributed by atoms with E-state index in [0.717, 1.165) is 12.1 Å². The summed E-state index contributed by atoms with van der Waals surface area (Å²) in [6.45, 7) is -0.709. The van der Waals surface area contributed by atoms with E-state index >= 15 is 0 Å². The number of hydrogen-bond donors (Lipinski definition) is 2. The number of anilines is 1. The van der Waals surface area contributed by atoms with Gasteiger partial charge in [-0.2, -0.15) is 0 Å². The number of carbonyl (C=O) groups excluding carboxylic acids is 3. The van der Waals surface area contributed by atoms with E-state index in [-0.39, 0.29) is 18.5 Å². The molecule has 0 heterocycles. The van der Waals surface area contributed by atoms with E-state index in [9.17, 15) is 23.2 Å². The molecule has 0 spiro atoms. The predicted molar refractivity (Wildman–Crippen MR) is 102 cm³/mol. The van der Waals surface area contributed by atoms with Gasteiger partial charge in [-0.1, -0.05) is 0 Å². The van der Waals surface area contributed by atoms with Crippen LogP contribution in [0.1, 0.15) is 16.8 Å². The molecule has 2 aromatic carbocycles. The van der Waals surface area contributed by atoms with Gasteiger partial charge in [0, 0.05) is 18.7 Å². The molecule has 0 saturated carbocycles. The molecule has 2 amide bonds. The number of amides is 2. The average Bonchev–Trinajstić information content (AvgIpc) is 2.72. The highest BCUT2D eigenvalue weighted by Gasteiger charge is 2.14. The molecule has 2 N–H and O–H groups in total. The van der Waals surface area contributed by atoms with Crippen LogP contribution in [0.15, 0.2) is 36.4 Å². The molecule has 0 aliphatic heterocycles. The summed E-state index contributed by atoms with van der Waals surface area (Å²) in [5.74, 6) is -3.09. The van der Waals surface area contributed by atoms with Crippen LogP contribution in [0.4, 0.5) is 14.5 Å². The number of carbonyl (C=O) groups is 3. The number of hydrogen-bond acceptors (Lipinski definition) is 6. The fraction of sp³-hybridized carbons (Fsp3) is 0.250. The summed E-state index contributed by atoms with van der Waals surface area (Å²) in [5, 5.41) is 4.85. The quantitative estimate of drug-likeness (QED) is 0.601. The maximum atomic E-state index is 13.5. The Hall–Kier alpha value is -3.69. The highest BCUT2D eigenvalue weighted by molar-refractivity contribution is 5.95. The first-order chi connectivity index (χ1) is 14.3. The molecule has 0 fully saturated rings. The monoisotopic (exact) mass is 422 g/mol. The molecule has 2 aromatic rings. The van der Waals surface area contributed by atoms with Gasteiger partial charge in [0.1, 0.15) is 23.1 Å². The molecule has 0 aliphatic rings. The van der Waals surface area contributed by atoms with E-state index in [1.807, 2.05) is 0 Å². The van der Waals surface area contributed by atoms with E-state index in [2.05, 4.69) is 10.6 Å². The maximum Gasteiger partial charge on any atom is 0.308 e. The molecule has 8 nitrogen and oxygen atoms in total. The average molecular weight is 422 g/mol. The SMILES string of the molecule is COc1ccc(OC)c(NC(=O)COC(=O)CCNC(=O)c2ccc(F)cc2F)c1. The third-order valence-electron chi connectivity index (χ3n) is 3.84. The third-order valence-corrected chi connectivity index (χ3v) is 3.84. The van der Waals surface area contributed by atoms with Gasteiger partial charge in [0.15, 0.2) is 6.61 Å². The summed E-state index contributed by atoms with van der Waals surface area (Å²) in [5.41, 5.74) is -0.0112. The van der Waals surface area contributed by atoms with Crippen LogP contribution in [0.2, 0.25) is 0 Å². The summed E-state index contributed by atoms with van der Waals surface area (Å²) < 4.78 is 41.4. The number of ether oxygens (including phenoxy) is 3. The second kappa shape index (κ2) is 10.7. The molecule has 0 saturated heterocycles. The number of esters is 1. The molecule has 160 valence electrons. The van der Waals surface area contributed by atoms with Gasteiger partial charge in [-0.15, -0.1) is 0 Å². The van der Waals surface area contributed by atoms with Gasteiger partial charge in [0.05, 0.1) is 31.9 Å². The standard InChI is InChI=1S/C20H20F2N2O6/c1-28-13-4-6-17(29-2)16(10-13)24-18(25)11-30-19(26)7-8-23-20(27)14-5-3-12(21)9-15(14)22/h3-6,9-10H,7-8,11H2,1-2H3,(H,23,27)(H,24,25). The van der Waals surface area contributed by atoms with E-state index < -0.39 is 36.0 Å². The Morgan fingerprint density at radius 3 is 2.43 bits per heavy atom. The number of benzene rings is 2. The van der Waals surface area contributed by atoms with Gasteiger partial charge < -0.3 is 24.8 Å². The molecule has 0 atom stereocenters. The minimum absolute atomic E-state index is 0.153. The molecule has 0 aliphatic carbocycles. The van der Waals surface area contributed by atoms with E-state index in [1.165, 1.54) is 14.2 Å². The Labute approximate surface area is 171 Å². The molecule has 0 bridgehead atoms. The lowest BCUT2D eigenvalue weighted by Gasteiger charge is -2.12. The lowest BCUT2D eigenvalue weighted by molar-refractivity contribution is -0.147. The van der Waals surface area contributed by atoms with Crippen LogP contribution in [0.25, 0.3) is 0 Å². The van der Waals surface area contributed by atoms with Gasteiger partial charge in [-0.05, 0) is 24.3 Å². The van der Waals surface area contributed by atoms with Crippen molar-refractivity contribution in [2.75, 3.05) is 32.7 Å². The van der Waals surface area contributed by atoms with Crippen molar-refractivity contribution >= 4 is 23.5 Å². The zero-order valence-corrected chi connectivity index (χ0v) is 16.3. The first-order valence-electron chi connectivity index (χ1n) is 8.74. The zero-order chi connectivity index (χ0) is 22.1. The minimum atomic E-state index is -1.01. The van der Waals surface area contributed by atoms with Crippen molar-refractivity contribution in [3.63, 3.8) is 0 Å². The largest absolute Gasteiger partial charge is 0.497 e. The lowest BCUT2D eigenvalue weighted by Crippen LogP contribution is -2.28. The Balaban J connectivity index is 1.76. The second-order valence-corrected chi connectivity index (χ2v) is 5.91. The molecule has 0 radical (unpaired) electrons. The zero-order valence-electron chi connectivity index (χ0n) is 16.3. The Kier molecular flexibility index (Phi) is 8.09. The first-order valence-corrected chi connectivity index (χ1v) is 8.74. The van der Waals surface area contributed by atoms with Crippen molar-refractivity contribution in [3.05, 3.63) is 53.6 Å². The number of nitrogens with one attached hydrogen (secondary N) is 2. The Morgan fingerprint density at radius 1 is 1.00 bits per heavy atom. The normalized spacial score (nSPS) is 10.1. The molecular formula is C20H20F2N2O6. The summed E-state index contributed by atoms with van der Waals surface area (Å²) in [4.78, 5) is 35.5. The van der Waals surface area contributed by atoms with Crippen molar-refractivity contribution in [3.8, 4) is 11.5 Å². The lowest BCUT2D eigenvalue weighted by atomic mass is 10.2. The highest BCUT2D eigenvalue weighted by atomic mass is 19.1. The summed E-state index contributed by atoms with van der Waals surface area (Å²) in [6, 6.07) is 7.33. The van der Waals surface area contributed by atoms with Gasteiger partial charge in [0.25, 0.3) is 11.8 Å². The molecular weight excluding hydrogens is 402 g/mol. The van der Waals surface area contributed by atoms with Crippen LogP contribution >= 0.6 is 0 Å². The minimum Gasteiger partial charge on any atom is -0.497 e. The summed E-state index contributed by atoms with van der Waals surface area (Å²) >= 11 is 0. The fourth-order valence-electron chi connectivity index (χ4n) is 2.36. The topological polar surface area (TPSA) is 103 Å². The van der Waals surface area contributed by atoms with Gasteiger partial charge >= 0.3 is 5.97 Å². The first kappa shape index (κ1) is 22.6. The van der Waals surface area contributed by atoms with Crippen LogP contribution in [0.5, 0.6) is 11.5 Å².